The van der Waals surface area contributed by atoms with Crippen molar-refractivity contribution in [2.45, 2.75) is 76.8 Å². The van der Waals surface area contributed by atoms with Gasteiger partial charge >= 0.3 is 0 Å². The molecular formula is C17H31ClN2O. The molecule has 0 aromatic heterocycles. The first kappa shape index (κ1) is 17.1. The molecule has 0 radical (unpaired) electrons. The van der Waals surface area contributed by atoms with Gasteiger partial charge in [0.15, 0.2) is 0 Å². The van der Waals surface area contributed by atoms with Crippen molar-refractivity contribution >= 4 is 18.3 Å². The van der Waals surface area contributed by atoms with Crippen LogP contribution in [0, 0.1) is 11.8 Å². The highest BCUT2D eigenvalue weighted by Gasteiger charge is 2.38. The molecule has 1 unspecified atom stereocenters. The molecule has 1 aliphatic heterocycles. The number of carbonyl (C=O) groups excluding carboxylic acids is 1. The molecule has 3 nitrogen and oxygen atoms in total. The highest BCUT2D eigenvalue weighted by atomic mass is 35.5. The molecule has 1 saturated heterocycles. The molecule has 1 N–H and O–H groups in total. The average molecular weight is 315 g/mol. The lowest BCUT2D eigenvalue weighted by Crippen LogP contribution is -2.43. The van der Waals surface area contributed by atoms with E-state index in [0.29, 0.717) is 18.0 Å². The topological polar surface area (TPSA) is 32.3 Å². The van der Waals surface area contributed by atoms with Crippen LogP contribution in [0.1, 0.15) is 64.7 Å². The van der Waals surface area contributed by atoms with Crippen molar-refractivity contribution in [1.29, 1.82) is 0 Å². The predicted octanol–water partition coefficient (Wildman–Crippen LogP) is 3.37. The molecule has 1 heterocycles. The second kappa shape index (κ2) is 7.82. The van der Waals surface area contributed by atoms with Crippen molar-refractivity contribution in [1.82, 2.24) is 10.2 Å². The van der Waals surface area contributed by atoms with E-state index in [1.165, 1.54) is 44.9 Å². The minimum absolute atomic E-state index is 0. The number of rotatable bonds is 5. The lowest BCUT2D eigenvalue weighted by atomic mass is 9.86. The lowest BCUT2D eigenvalue weighted by Gasteiger charge is -2.36. The first-order chi connectivity index (χ1) is 9.74. The summed E-state index contributed by atoms with van der Waals surface area (Å²) in [6.45, 7) is 4.62. The molecule has 2 aliphatic carbocycles. The normalized spacial score (nSPS) is 32.5. The number of halogens is 1. The number of nitrogens with one attached hydrogen (secondary N) is 1. The maximum absolute atomic E-state index is 12.7. The van der Waals surface area contributed by atoms with E-state index < -0.39 is 0 Å². The van der Waals surface area contributed by atoms with Crippen molar-refractivity contribution in [3.05, 3.63) is 0 Å². The van der Waals surface area contributed by atoms with Crippen LogP contribution in [-0.2, 0) is 4.79 Å². The summed E-state index contributed by atoms with van der Waals surface area (Å²) >= 11 is 0. The van der Waals surface area contributed by atoms with Crippen LogP contribution in [0.3, 0.4) is 0 Å². The maximum Gasteiger partial charge on any atom is 0.223 e. The fourth-order valence-electron chi connectivity index (χ4n) is 4.00. The molecule has 0 spiro atoms. The van der Waals surface area contributed by atoms with Gasteiger partial charge in [0, 0.05) is 18.5 Å². The Morgan fingerprint density at radius 2 is 1.67 bits per heavy atom. The fourth-order valence-corrected chi connectivity index (χ4v) is 4.00. The number of amides is 1. The van der Waals surface area contributed by atoms with E-state index in [2.05, 4.69) is 17.1 Å². The third kappa shape index (κ3) is 4.59. The zero-order valence-electron chi connectivity index (χ0n) is 13.4. The summed E-state index contributed by atoms with van der Waals surface area (Å²) in [5, 5.41) is 3.40. The Morgan fingerprint density at radius 1 is 1.05 bits per heavy atom. The Labute approximate surface area is 135 Å². The molecule has 1 amide bonds. The van der Waals surface area contributed by atoms with Gasteiger partial charge in [-0.05, 0) is 76.3 Å². The Kier molecular flexibility index (Phi) is 6.36. The molecule has 0 aromatic carbocycles. The molecule has 3 rings (SSSR count). The van der Waals surface area contributed by atoms with Gasteiger partial charge in [-0.15, -0.1) is 12.4 Å². The fraction of sp³-hybridized carbons (Fsp3) is 0.941. The molecule has 3 aliphatic rings. The molecule has 0 bridgehead atoms. The van der Waals surface area contributed by atoms with Gasteiger partial charge in [0.25, 0.3) is 0 Å². The monoisotopic (exact) mass is 314 g/mol. The summed E-state index contributed by atoms with van der Waals surface area (Å²) in [6, 6.07) is 1.16. The van der Waals surface area contributed by atoms with Crippen molar-refractivity contribution in [3.63, 3.8) is 0 Å². The van der Waals surface area contributed by atoms with Crippen LogP contribution >= 0.6 is 12.4 Å². The van der Waals surface area contributed by atoms with E-state index in [0.717, 1.165) is 37.8 Å². The summed E-state index contributed by atoms with van der Waals surface area (Å²) in [5.41, 5.74) is 0. The van der Waals surface area contributed by atoms with E-state index in [1.807, 2.05) is 0 Å². The summed E-state index contributed by atoms with van der Waals surface area (Å²) in [7, 11) is 0. The first-order valence-corrected chi connectivity index (χ1v) is 8.76. The Balaban J connectivity index is 0.00000161. The second-order valence-electron chi connectivity index (χ2n) is 7.34. The Morgan fingerprint density at radius 3 is 2.19 bits per heavy atom. The Hall–Kier alpha value is -0.280. The zero-order valence-corrected chi connectivity index (χ0v) is 14.2. The van der Waals surface area contributed by atoms with E-state index >= 15 is 0 Å². The first-order valence-electron chi connectivity index (χ1n) is 8.76. The second-order valence-corrected chi connectivity index (χ2v) is 7.34. The van der Waals surface area contributed by atoms with Gasteiger partial charge in [-0.3, -0.25) is 4.79 Å². The Bertz CT molecular complexity index is 332. The smallest absolute Gasteiger partial charge is 0.223 e. The third-order valence-electron chi connectivity index (χ3n) is 5.54. The van der Waals surface area contributed by atoms with Crippen LogP contribution in [-0.4, -0.2) is 36.0 Å². The molecule has 1 atom stereocenters. The number of nitrogens with zero attached hydrogens (tertiary/aromatic N) is 1. The maximum atomic E-state index is 12.7. The summed E-state index contributed by atoms with van der Waals surface area (Å²) in [5.74, 6) is 2.07. The third-order valence-corrected chi connectivity index (χ3v) is 5.54. The SMILES string of the molecule is CC1CCC(N(C(=O)CCC2CCNC2)C2CC2)CC1.Cl. The average Bonchev–Trinajstić information content (AvgIpc) is 3.14. The predicted molar refractivity (Wildman–Crippen MR) is 88.7 cm³/mol. The van der Waals surface area contributed by atoms with Gasteiger partial charge in [-0.1, -0.05) is 6.92 Å². The molecule has 3 fully saturated rings. The molecule has 21 heavy (non-hydrogen) atoms. The molecule has 2 saturated carbocycles. The quantitative estimate of drug-likeness (QED) is 0.844. The van der Waals surface area contributed by atoms with E-state index in [4.69, 9.17) is 0 Å². The number of carbonyl (C=O) groups is 1. The van der Waals surface area contributed by atoms with Gasteiger partial charge in [0.05, 0.1) is 0 Å². The standard InChI is InChI=1S/C17H30N2O.ClH/c1-13-2-5-15(6-3-13)19(16-7-8-16)17(20)9-4-14-10-11-18-12-14;/h13-16,18H,2-12H2,1H3;1H. The van der Waals surface area contributed by atoms with Crippen LogP contribution in [0.25, 0.3) is 0 Å². The van der Waals surface area contributed by atoms with Gasteiger partial charge in [0.1, 0.15) is 0 Å². The highest BCUT2D eigenvalue weighted by molar-refractivity contribution is 5.85. The van der Waals surface area contributed by atoms with E-state index in [1.54, 1.807) is 0 Å². The summed E-state index contributed by atoms with van der Waals surface area (Å²) in [6.07, 6.45) is 10.8. The van der Waals surface area contributed by atoms with Crippen molar-refractivity contribution < 1.29 is 4.79 Å². The molecule has 0 aromatic rings. The largest absolute Gasteiger partial charge is 0.337 e. The van der Waals surface area contributed by atoms with Gasteiger partial charge in [-0.25, -0.2) is 0 Å². The van der Waals surface area contributed by atoms with Crippen molar-refractivity contribution in [3.8, 4) is 0 Å². The summed E-state index contributed by atoms with van der Waals surface area (Å²) < 4.78 is 0. The zero-order chi connectivity index (χ0) is 13.9. The van der Waals surface area contributed by atoms with Crippen LogP contribution in [0.5, 0.6) is 0 Å². The summed E-state index contributed by atoms with van der Waals surface area (Å²) in [4.78, 5) is 15.0. The highest BCUT2D eigenvalue weighted by Crippen LogP contribution is 2.36. The van der Waals surface area contributed by atoms with Crippen LogP contribution < -0.4 is 5.32 Å². The van der Waals surface area contributed by atoms with Crippen molar-refractivity contribution in [2.24, 2.45) is 11.8 Å². The van der Waals surface area contributed by atoms with Gasteiger partial charge in [0.2, 0.25) is 5.91 Å². The molecule has 122 valence electrons. The van der Waals surface area contributed by atoms with Gasteiger partial charge < -0.3 is 10.2 Å². The van der Waals surface area contributed by atoms with Crippen LogP contribution in [0.15, 0.2) is 0 Å². The lowest BCUT2D eigenvalue weighted by molar-refractivity contribution is -0.135. The minimum atomic E-state index is 0. The van der Waals surface area contributed by atoms with Gasteiger partial charge in [-0.2, -0.15) is 0 Å². The molecular weight excluding hydrogens is 284 g/mol. The minimum Gasteiger partial charge on any atom is -0.337 e. The molecule has 4 heteroatoms. The van der Waals surface area contributed by atoms with Crippen LogP contribution in [0.4, 0.5) is 0 Å². The van der Waals surface area contributed by atoms with E-state index in [-0.39, 0.29) is 12.4 Å². The number of hydrogen-bond acceptors (Lipinski definition) is 2. The van der Waals surface area contributed by atoms with Crippen LogP contribution in [0.2, 0.25) is 0 Å². The van der Waals surface area contributed by atoms with Crippen molar-refractivity contribution in [2.75, 3.05) is 13.1 Å². The number of hydrogen-bond donors (Lipinski definition) is 1. The van der Waals surface area contributed by atoms with E-state index in [9.17, 15) is 4.79 Å².